The van der Waals surface area contributed by atoms with Crippen LogP contribution in [0.4, 0.5) is 5.69 Å². The molecule has 0 saturated heterocycles. The number of nitrogens with one attached hydrogen (secondary N) is 1. The molecule has 0 spiro atoms. The van der Waals surface area contributed by atoms with E-state index in [4.69, 9.17) is 9.47 Å². The van der Waals surface area contributed by atoms with Gasteiger partial charge in [-0.2, -0.15) is 0 Å². The monoisotopic (exact) mass is 355 g/mol. The lowest BCUT2D eigenvalue weighted by atomic mass is 10.0. The van der Waals surface area contributed by atoms with Crippen LogP contribution in [0, 0.1) is 13.8 Å². The lowest BCUT2D eigenvalue weighted by Gasteiger charge is -2.15. The fraction of sp³-hybridized carbons (Fsp3) is 0.333. The summed E-state index contributed by atoms with van der Waals surface area (Å²) >= 11 is 0. The Kier molecular flexibility index (Phi) is 6.39. The van der Waals surface area contributed by atoms with Crippen molar-refractivity contribution in [2.75, 3.05) is 19.0 Å². The van der Waals surface area contributed by atoms with E-state index in [1.807, 2.05) is 32.0 Å². The number of ether oxygens (including phenoxy) is 2. The van der Waals surface area contributed by atoms with Crippen molar-refractivity contribution in [1.29, 1.82) is 0 Å². The molecule has 0 aliphatic rings. The molecule has 2 aromatic rings. The SMILES string of the molecule is COC(=O)c1ccc(C)c(NC(=O)COc2cc(C)ccc2C(C)C)c1. The van der Waals surface area contributed by atoms with E-state index in [-0.39, 0.29) is 12.5 Å². The third kappa shape index (κ3) is 4.85. The molecule has 138 valence electrons. The van der Waals surface area contributed by atoms with Crippen molar-refractivity contribution >= 4 is 17.6 Å². The number of carbonyl (C=O) groups excluding carboxylic acids is 2. The summed E-state index contributed by atoms with van der Waals surface area (Å²) in [5.41, 5.74) is 3.94. The van der Waals surface area contributed by atoms with Crippen LogP contribution in [0.25, 0.3) is 0 Å². The van der Waals surface area contributed by atoms with Crippen LogP contribution in [-0.4, -0.2) is 25.6 Å². The van der Waals surface area contributed by atoms with Crippen molar-refractivity contribution in [3.63, 3.8) is 0 Å². The van der Waals surface area contributed by atoms with E-state index in [9.17, 15) is 9.59 Å². The number of methoxy groups -OCH3 is 1. The van der Waals surface area contributed by atoms with Gasteiger partial charge in [-0.25, -0.2) is 4.79 Å². The lowest BCUT2D eigenvalue weighted by Crippen LogP contribution is -2.21. The smallest absolute Gasteiger partial charge is 0.337 e. The second-order valence-electron chi connectivity index (χ2n) is 6.55. The van der Waals surface area contributed by atoms with Gasteiger partial charge in [0.05, 0.1) is 12.7 Å². The average Bonchev–Trinajstić information content (AvgIpc) is 2.61. The van der Waals surface area contributed by atoms with Crippen LogP contribution in [0.2, 0.25) is 0 Å². The molecule has 0 fully saturated rings. The van der Waals surface area contributed by atoms with Crippen LogP contribution in [0.3, 0.4) is 0 Å². The Morgan fingerprint density at radius 1 is 1.08 bits per heavy atom. The van der Waals surface area contributed by atoms with E-state index in [2.05, 4.69) is 19.2 Å². The van der Waals surface area contributed by atoms with Crippen LogP contribution in [0.1, 0.15) is 46.8 Å². The van der Waals surface area contributed by atoms with E-state index < -0.39 is 5.97 Å². The minimum absolute atomic E-state index is 0.106. The zero-order valence-corrected chi connectivity index (χ0v) is 15.9. The molecule has 2 aromatic carbocycles. The summed E-state index contributed by atoms with van der Waals surface area (Å²) in [5.74, 6) is 0.284. The van der Waals surface area contributed by atoms with Crippen LogP contribution < -0.4 is 10.1 Å². The van der Waals surface area contributed by atoms with Gasteiger partial charge in [0.1, 0.15) is 5.75 Å². The number of amides is 1. The predicted molar refractivity (Wildman–Crippen MR) is 102 cm³/mol. The first-order valence-corrected chi connectivity index (χ1v) is 8.54. The highest BCUT2D eigenvalue weighted by Crippen LogP contribution is 2.27. The summed E-state index contributed by atoms with van der Waals surface area (Å²) in [7, 11) is 1.32. The summed E-state index contributed by atoms with van der Waals surface area (Å²) in [6, 6.07) is 11.0. The molecule has 0 heterocycles. The van der Waals surface area contributed by atoms with Crippen molar-refractivity contribution in [3.05, 3.63) is 58.7 Å². The van der Waals surface area contributed by atoms with Gasteiger partial charge in [0.15, 0.2) is 6.61 Å². The first-order valence-electron chi connectivity index (χ1n) is 8.54. The summed E-state index contributed by atoms with van der Waals surface area (Å²) in [5, 5.41) is 2.79. The molecule has 1 N–H and O–H groups in total. The minimum atomic E-state index is -0.446. The van der Waals surface area contributed by atoms with Gasteiger partial charge in [0, 0.05) is 5.69 Å². The maximum absolute atomic E-state index is 12.3. The predicted octanol–water partition coefficient (Wildman–Crippen LogP) is 4.23. The molecule has 0 aliphatic carbocycles. The number of rotatable bonds is 6. The zero-order valence-electron chi connectivity index (χ0n) is 15.9. The lowest BCUT2D eigenvalue weighted by molar-refractivity contribution is -0.118. The number of benzene rings is 2. The molecule has 5 nitrogen and oxygen atoms in total. The fourth-order valence-corrected chi connectivity index (χ4v) is 2.57. The summed E-state index contributed by atoms with van der Waals surface area (Å²) in [6.07, 6.45) is 0. The van der Waals surface area contributed by atoms with E-state index in [1.54, 1.807) is 18.2 Å². The first-order chi connectivity index (χ1) is 12.3. The first kappa shape index (κ1) is 19.5. The number of anilines is 1. The molecule has 26 heavy (non-hydrogen) atoms. The molecule has 1 amide bonds. The summed E-state index contributed by atoms with van der Waals surface area (Å²) in [4.78, 5) is 23.9. The molecule has 0 atom stereocenters. The third-order valence-corrected chi connectivity index (χ3v) is 4.08. The standard InChI is InChI=1S/C21H25NO4/c1-13(2)17-9-6-14(3)10-19(17)26-12-20(23)22-18-11-16(21(24)25-5)8-7-15(18)4/h6-11,13H,12H2,1-5H3,(H,22,23). The van der Waals surface area contributed by atoms with Gasteiger partial charge in [0.25, 0.3) is 5.91 Å². The van der Waals surface area contributed by atoms with Gasteiger partial charge in [-0.3, -0.25) is 4.79 Å². The Morgan fingerprint density at radius 2 is 1.81 bits per heavy atom. The second-order valence-corrected chi connectivity index (χ2v) is 6.55. The Balaban J connectivity index is 2.08. The zero-order chi connectivity index (χ0) is 19.3. The topological polar surface area (TPSA) is 64.6 Å². The van der Waals surface area contributed by atoms with Gasteiger partial charge in [-0.15, -0.1) is 0 Å². The van der Waals surface area contributed by atoms with Gasteiger partial charge < -0.3 is 14.8 Å². The molecule has 0 aliphatic heterocycles. The van der Waals surface area contributed by atoms with Crippen LogP contribution in [0.15, 0.2) is 36.4 Å². The van der Waals surface area contributed by atoms with Crippen molar-refractivity contribution in [2.24, 2.45) is 0 Å². The second kappa shape index (κ2) is 8.52. The van der Waals surface area contributed by atoms with Gasteiger partial charge in [-0.1, -0.05) is 32.0 Å². The molecule has 0 bridgehead atoms. The molecule has 0 saturated carbocycles. The van der Waals surface area contributed by atoms with Crippen LogP contribution in [-0.2, 0) is 9.53 Å². The van der Waals surface area contributed by atoms with Crippen molar-refractivity contribution in [3.8, 4) is 5.75 Å². The fourth-order valence-electron chi connectivity index (χ4n) is 2.57. The number of aryl methyl sites for hydroxylation is 2. The van der Waals surface area contributed by atoms with Crippen molar-refractivity contribution < 1.29 is 19.1 Å². The van der Waals surface area contributed by atoms with Gasteiger partial charge in [-0.05, 0) is 54.7 Å². The molecule has 5 heteroatoms. The molecule has 0 unspecified atom stereocenters. The minimum Gasteiger partial charge on any atom is -0.483 e. The van der Waals surface area contributed by atoms with Crippen molar-refractivity contribution in [2.45, 2.75) is 33.6 Å². The van der Waals surface area contributed by atoms with E-state index in [0.717, 1.165) is 22.4 Å². The highest BCUT2D eigenvalue weighted by Gasteiger charge is 2.13. The highest BCUT2D eigenvalue weighted by atomic mass is 16.5. The van der Waals surface area contributed by atoms with Gasteiger partial charge in [0.2, 0.25) is 0 Å². The normalized spacial score (nSPS) is 10.5. The quantitative estimate of drug-likeness (QED) is 0.788. The number of esters is 1. The highest BCUT2D eigenvalue weighted by molar-refractivity contribution is 5.95. The molecular formula is C21H25NO4. The number of hydrogen-bond acceptors (Lipinski definition) is 4. The van der Waals surface area contributed by atoms with E-state index in [1.165, 1.54) is 7.11 Å². The Morgan fingerprint density at radius 3 is 2.46 bits per heavy atom. The molecule has 2 rings (SSSR count). The summed E-state index contributed by atoms with van der Waals surface area (Å²) in [6.45, 7) is 7.90. The third-order valence-electron chi connectivity index (χ3n) is 4.08. The summed E-state index contributed by atoms with van der Waals surface area (Å²) < 4.78 is 10.5. The Labute approximate surface area is 154 Å². The molecule has 0 radical (unpaired) electrons. The molecular weight excluding hydrogens is 330 g/mol. The van der Waals surface area contributed by atoms with Gasteiger partial charge >= 0.3 is 5.97 Å². The molecule has 0 aromatic heterocycles. The Hall–Kier alpha value is -2.82. The van der Waals surface area contributed by atoms with Crippen molar-refractivity contribution in [1.82, 2.24) is 0 Å². The largest absolute Gasteiger partial charge is 0.483 e. The van der Waals surface area contributed by atoms with E-state index >= 15 is 0 Å². The van der Waals surface area contributed by atoms with E-state index in [0.29, 0.717) is 17.2 Å². The number of carbonyl (C=O) groups is 2. The van der Waals surface area contributed by atoms with Crippen LogP contribution >= 0.6 is 0 Å². The van der Waals surface area contributed by atoms with Crippen LogP contribution in [0.5, 0.6) is 5.75 Å². The maximum atomic E-state index is 12.3. The maximum Gasteiger partial charge on any atom is 0.337 e. The number of hydrogen-bond donors (Lipinski definition) is 1. The Bertz CT molecular complexity index is 812. The average molecular weight is 355 g/mol.